The molecule has 8 aromatic carbocycles. The summed E-state index contributed by atoms with van der Waals surface area (Å²) in [6, 6.07) is 62.5. The van der Waals surface area contributed by atoms with Crippen LogP contribution in [0.25, 0.3) is 115 Å². The second kappa shape index (κ2) is 11.7. The van der Waals surface area contributed by atoms with Gasteiger partial charge in [-0.2, -0.15) is 0 Å². The molecule has 1 saturated carbocycles. The van der Waals surface area contributed by atoms with Crippen molar-refractivity contribution in [3.63, 3.8) is 0 Å². The Morgan fingerprint density at radius 3 is 2.17 bits per heavy atom. The lowest BCUT2D eigenvalue weighted by molar-refractivity contribution is 0.670. The Labute approximate surface area is 343 Å². The van der Waals surface area contributed by atoms with Crippen molar-refractivity contribution in [2.24, 2.45) is 5.92 Å². The van der Waals surface area contributed by atoms with Gasteiger partial charge in [-0.3, -0.25) is 0 Å². The number of furan rings is 1. The SMILES string of the molecule is C1=CC2CC2c2c1n(-c1cc(-c3cccc4c3oc3ccccc34)c3sc4ccccc4c3c1)c1ccc(-c3ccc4c5ccccc5n(-c5ccccc5)c4c3)cc21. The van der Waals surface area contributed by atoms with Crippen molar-refractivity contribution in [3.8, 4) is 33.6 Å². The van der Waals surface area contributed by atoms with Crippen molar-refractivity contribution in [1.82, 2.24) is 9.13 Å². The first kappa shape index (κ1) is 31.9. The first-order valence-electron chi connectivity index (χ1n) is 20.6. The van der Waals surface area contributed by atoms with Crippen LogP contribution in [-0.2, 0) is 0 Å². The molecular formula is C55H34N2OS. The Morgan fingerprint density at radius 1 is 0.492 bits per heavy atom. The van der Waals surface area contributed by atoms with Crippen LogP contribution in [0.1, 0.15) is 23.6 Å². The molecule has 3 nitrogen and oxygen atoms in total. The van der Waals surface area contributed by atoms with Gasteiger partial charge in [0.25, 0.3) is 0 Å². The van der Waals surface area contributed by atoms with Crippen molar-refractivity contribution >= 4 is 92.2 Å². The number of allylic oxidation sites excluding steroid dienone is 1. The second-order valence-corrected chi connectivity index (χ2v) is 17.5. The summed E-state index contributed by atoms with van der Waals surface area (Å²) in [5, 5.41) is 8.78. The minimum atomic E-state index is 0.548. The average Bonchev–Trinajstić information content (AvgIpc) is 3.54. The molecule has 0 saturated heterocycles. The standard InChI is InChI=1S/C55H34N2OS/c1-2-11-35(12-3-1)56-47-18-7-4-13-37(47)38-24-21-33(29-50(38)56)32-22-25-48-46(27-32)53-43-28-34(43)23-26-49(53)57(48)36-30-44-40-15-6-9-20-52(40)59-55(44)45(31-36)42-17-10-16-41-39-14-5-8-19-51(39)58-54(41)42/h1-27,29-31,34,43H,28H2. The normalized spacial score (nSPS) is 16.0. The number of benzene rings is 8. The van der Waals surface area contributed by atoms with E-state index in [2.05, 4.69) is 191 Å². The van der Waals surface area contributed by atoms with E-state index in [0.717, 1.165) is 27.5 Å². The highest BCUT2D eigenvalue weighted by atomic mass is 32.1. The molecule has 1 fully saturated rings. The van der Waals surface area contributed by atoms with E-state index in [4.69, 9.17) is 4.42 Å². The van der Waals surface area contributed by atoms with E-state index in [1.54, 1.807) is 0 Å². The lowest BCUT2D eigenvalue weighted by Crippen LogP contribution is -2.00. The molecule has 2 atom stereocenters. The maximum atomic E-state index is 6.69. The molecule has 276 valence electrons. The Bertz CT molecular complexity index is 3780. The summed E-state index contributed by atoms with van der Waals surface area (Å²) < 4.78 is 14.2. The van der Waals surface area contributed by atoms with Crippen LogP contribution in [0.3, 0.4) is 0 Å². The highest BCUT2D eigenvalue weighted by molar-refractivity contribution is 7.26. The molecule has 0 amide bonds. The van der Waals surface area contributed by atoms with Gasteiger partial charge in [0.05, 0.1) is 22.2 Å². The Kier molecular flexibility index (Phi) is 6.34. The van der Waals surface area contributed by atoms with Gasteiger partial charge in [-0.05, 0) is 102 Å². The molecule has 4 heterocycles. The van der Waals surface area contributed by atoms with Crippen LogP contribution in [0.2, 0.25) is 0 Å². The first-order valence-corrected chi connectivity index (χ1v) is 21.4. The minimum absolute atomic E-state index is 0.548. The van der Waals surface area contributed by atoms with Gasteiger partial charge < -0.3 is 13.6 Å². The number of rotatable bonds is 4. The van der Waals surface area contributed by atoms with Crippen LogP contribution in [0.5, 0.6) is 0 Å². The third kappa shape index (κ3) is 4.47. The van der Waals surface area contributed by atoms with Crippen LogP contribution in [0.15, 0.2) is 180 Å². The molecule has 0 radical (unpaired) electrons. The molecule has 0 N–H and O–H groups in total. The van der Waals surface area contributed by atoms with E-state index in [0.29, 0.717) is 11.8 Å². The van der Waals surface area contributed by atoms with Gasteiger partial charge in [0.1, 0.15) is 11.2 Å². The fourth-order valence-electron chi connectivity index (χ4n) is 10.4. The largest absolute Gasteiger partial charge is 0.455 e. The van der Waals surface area contributed by atoms with Gasteiger partial charge in [-0.25, -0.2) is 0 Å². The maximum Gasteiger partial charge on any atom is 0.143 e. The van der Waals surface area contributed by atoms with Gasteiger partial charge >= 0.3 is 0 Å². The minimum Gasteiger partial charge on any atom is -0.455 e. The predicted octanol–water partition coefficient (Wildman–Crippen LogP) is 15.5. The van der Waals surface area contributed by atoms with Crippen LogP contribution >= 0.6 is 11.3 Å². The van der Waals surface area contributed by atoms with Gasteiger partial charge in [0.15, 0.2) is 0 Å². The smallest absolute Gasteiger partial charge is 0.143 e. The summed E-state index contributed by atoms with van der Waals surface area (Å²) in [4.78, 5) is 0. The first-order chi connectivity index (χ1) is 29.2. The molecule has 0 aliphatic heterocycles. The zero-order valence-corrected chi connectivity index (χ0v) is 32.7. The molecule has 59 heavy (non-hydrogen) atoms. The molecular weight excluding hydrogens is 737 g/mol. The number of aromatic nitrogens is 2. The molecule has 2 aliphatic carbocycles. The monoisotopic (exact) mass is 770 g/mol. The van der Waals surface area contributed by atoms with Crippen LogP contribution in [0, 0.1) is 5.92 Å². The molecule has 12 aromatic rings. The molecule has 0 spiro atoms. The lowest BCUT2D eigenvalue weighted by atomic mass is 9.97. The number of thiophene rings is 1. The summed E-state index contributed by atoms with van der Waals surface area (Å²) in [5.74, 6) is 1.17. The summed E-state index contributed by atoms with van der Waals surface area (Å²) >= 11 is 1.88. The topological polar surface area (TPSA) is 23.0 Å². The fraction of sp³-hybridized carbons (Fsp3) is 0.0545. The van der Waals surface area contributed by atoms with Crippen LogP contribution in [0.4, 0.5) is 0 Å². The number of hydrogen-bond donors (Lipinski definition) is 0. The number of para-hydroxylation sites is 4. The van der Waals surface area contributed by atoms with Gasteiger partial charge in [-0.1, -0.05) is 115 Å². The average molecular weight is 771 g/mol. The summed E-state index contributed by atoms with van der Waals surface area (Å²) in [6.45, 7) is 0. The van der Waals surface area contributed by atoms with Gasteiger partial charge in [-0.15, -0.1) is 11.3 Å². The quantitative estimate of drug-likeness (QED) is 0.175. The number of nitrogens with zero attached hydrogens (tertiary/aromatic N) is 2. The molecule has 4 aromatic heterocycles. The van der Waals surface area contributed by atoms with Crippen LogP contribution < -0.4 is 0 Å². The zero-order chi connectivity index (χ0) is 38.3. The van der Waals surface area contributed by atoms with E-state index in [9.17, 15) is 0 Å². The highest BCUT2D eigenvalue weighted by Gasteiger charge is 2.42. The summed E-state index contributed by atoms with van der Waals surface area (Å²) in [6.07, 6.45) is 6.07. The van der Waals surface area contributed by atoms with Crippen molar-refractivity contribution in [2.45, 2.75) is 12.3 Å². The van der Waals surface area contributed by atoms with Crippen molar-refractivity contribution in [2.75, 3.05) is 0 Å². The Morgan fingerprint density at radius 2 is 1.24 bits per heavy atom. The van der Waals surface area contributed by atoms with Gasteiger partial charge in [0.2, 0.25) is 0 Å². The maximum absolute atomic E-state index is 6.69. The molecule has 14 rings (SSSR count). The van der Waals surface area contributed by atoms with E-state index >= 15 is 0 Å². The zero-order valence-electron chi connectivity index (χ0n) is 31.9. The van der Waals surface area contributed by atoms with Crippen molar-refractivity contribution < 1.29 is 4.42 Å². The predicted molar refractivity (Wildman–Crippen MR) is 249 cm³/mol. The molecule has 4 heteroatoms. The third-order valence-electron chi connectivity index (χ3n) is 13.2. The Balaban J connectivity index is 1.01. The molecule has 0 bridgehead atoms. The summed E-state index contributed by atoms with van der Waals surface area (Å²) in [7, 11) is 0. The van der Waals surface area contributed by atoms with Crippen LogP contribution in [-0.4, -0.2) is 9.13 Å². The Hall–Kier alpha value is -7.14. The van der Waals surface area contributed by atoms with E-state index in [1.165, 1.54) is 98.6 Å². The van der Waals surface area contributed by atoms with E-state index < -0.39 is 0 Å². The molecule has 2 unspecified atom stereocenters. The molecule has 2 aliphatic rings. The summed E-state index contributed by atoms with van der Waals surface area (Å²) in [5.41, 5.74) is 15.5. The third-order valence-corrected chi connectivity index (χ3v) is 14.4. The number of hydrogen-bond acceptors (Lipinski definition) is 2. The highest BCUT2D eigenvalue weighted by Crippen LogP contribution is 2.56. The van der Waals surface area contributed by atoms with Crippen molar-refractivity contribution in [1.29, 1.82) is 0 Å². The van der Waals surface area contributed by atoms with E-state index in [1.807, 2.05) is 11.3 Å². The van der Waals surface area contributed by atoms with Gasteiger partial charge in [0, 0.05) is 69.6 Å². The van der Waals surface area contributed by atoms with Crippen molar-refractivity contribution in [3.05, 3.63) is 187 Å². The second-order valence-electron chi connectivity index (χ2n) is 16.4. The van der Waals surface area contributed by atoms with E-state index in [-0.39, 0.29) is 0 Å². The number of fused-ring (bicyclic) bond motifs is 14. The fourth-order valence-corrected chi connectivity index (χ4v) is 11.6. The lowest BCUT2D eigenvalue weighted by Gasteiger charge is -2.15.